The molecule has 1 aliphatic rings. The highest BCUT2D eigenvalue weighted by Crippen LogP contribution is 2.29. The standard InChI is InChI=1S/C13H14Cl4N2O2S/c14-10-7-22(20,21)8-11(10)19-12(13(15,16)17)18-6-9-4-2-1-3-5-9/h1-5,10-11H,6-8H2,(H,18,19). The Morgan fingerprint density at radius 1 is 1.23 bits per heavy atom. The Labute approximate surface area is 149 Å². The van der Waals surface area contributed by atoms with Gasteiger partial charge >= 0.3 is 0 Å². The molecule has 9 heteroatoms. The molecule has 2 atom stereocenters. The van der Waals surface area contributed by atoms with Crippen molar-refractivity contribution in [1.29, 1.82) is 0 Å². The average Bonchev–Trinajstić information content (AvgIpc) is 2.67. The number of benzene rings is 1. The minimum Gasteiger partial charge on any atom is -0.365 e. The number of alkyl halides is 4. The van der Waals surface area contributed by atoms with Crippen LogP contribution in [0.25, 0.3) is 0 Å². The zero-order valence-electron chi connectivity index (χ0n) is 11.3. The summed E-state index contributed by atoms with van der Waals surface area (Å²) in [5.41, 5.74) is 0.942. The number of aliphatic imine (C=N–C) groups is 1. The van der Waals surface area contributed by atoms with E-state index in [1.54, 1.807) is 0 Å². The predicted octanol–water partition coefficient (Wildman–Crippen LogP) is 2.95. The van der Waals surface area contributed by atoms with Gasteiger partial charge in [-0.25, -0.2) is 8.42 Å². The molecule has 2 unspecified atom stereocenters. The highest BCUT2D eigenvalue weighted by molar-refractivity contribution is 7.91. The Hall–Kier alpha value is -0.200. The molecule has 22 heavy (non-hydrogen) atoms. The molecule has 0 bridgehead atoms. The summed E-state index contributed by atoms with van der Waals surface area (Å²) in [4.78, 5) is 4.27. The Balaban J connectivity index is 2.14. The van der Waals surface area contributed by atoms with Crippen molar-refractivity contribution in [2.75, 3.05) is 11.5 Å². The summed E-state index contributed by atoms with van der Waals surface area (Å²) in [6.07, 6.45) is 0. The van der Waals surface area contributed by atoms with Crippen LogP contribution in [0.4, 0.5) is 0 Å². The number of halogens is 4. The van der Waals surface area contributed by atoms with Crippen LogP contribution in [-0.4, -0.2) is 41.0 Å². The van der Waals surface area contributed by atoms with E-state index in [0.717, 1.165) is 5.56 Å². The number of amidine groups is 1. The van der Waals surface area contributed by atoms with E-state index in [1.807, 2.05) is 30.3 Å². The molecule has 0 aromatic heterocycles. The molecule has 1 saturated heterocycles. The smallest absolute Gasteiger partial charge is 0.247 e. The highest BCUT2D eigenvalue weighted by Gasteiger charge is 2.39. The van der Waals surface area contributed by atoms with E-state index in [1.165, 1.54) is 0 Å². The first kappa shape index (κ1) is 18.1. The predicted molar refractivity (Wildman–Crippen MR) is 93.1 cm³/mol. The fraction of sp³-hybridized carbons (Fsp3) is 0.462. The van der Waals surface area contributed by atoms with Gasteiger partial charge in [-0.2, -0.15) is 0 Å². The average molecular weight is 404 g/mol. The van der Waals surface area contributed by atoms with Crippen LogP contribution in [0.15, 0.2) is 35.3 Å². The summed E-state index contributed by atoms with van der Waals surface area (Å²) in [6.45, 7) is 0.309. The van der Waals surface area contributed by atoms with Gasteiger partial charge in [-0.1, -0.05) is 65.1 Å². The summed E-state index contributed by atoms with van der Waals surface area (Å²) in [5, 5.41) is 2.29. The van der Waals surface area contributed by atoms with Gasteiger partial charge in [-0.3, -0.25) is 4.99 Å². The van der Waals surface area contributed by atoms with Crippen molar-refractivity contribution >= 4 is 62.1 Å². The number of rotatable bonds is 3. The van der Waals surface area contributed by atoms with E-state index < -0.39 is 25.0 Å². The zero-order chi connectivity index (χ0) is 16.4. The number of hydrogen-bond donors (Lipinski definition) is 1. The van der Waals surface area contributed by atoms with Gasteiger partial charge in [0.15, 0.2) is 9.84 Å². The van der Waals surface area contributed by atoms with Crippen LogP contribution >= 0.6 is 46.4 Å². The number of nitrogens with zero attached hydrogens (tertiary/aromatic N) is 1. The molecule has 1 heterocycles. The molecule has 0 aliphatic carbocycles. The topological polar surface area (TPSA) is 58.5 Å². The summed E-state index contributed by atoms with van der Waals surface area (Å²) in [6, 6.07) is 8.91. The van der Waals surface area contributed by atoms with E-state index in [2.05, 4.69) is 10.3 Å². The minimum absolute atomic E-state index is 0.0918. The van der Waals surface area contributed by atoms with Gasteiger partial charge in [0.25, 0.3) is 0 Å². The van der Waals surface area contributed by atoms with Crippen LogP contribution in [0.1, 0.15) is 5.56 Å². The third kappa shape index (κ3) is 5.17. The maximum atomic E-state index is 11.6. The third-order valence-electron chi connectivity index (χ3n) is 3.14. The molecule has 1 aromatic rings. The van der Waals surface area contributed by atoms with Gasteiger partial charge in [-0.05, 0) is 5.56 Å². The first-order chi connectivity index (χ1) is 10.2. The molecular formula is C13H14Cl4N2O2S. The van der Waals surface area contributed by atoms with Crippen molar-refractivity contribution in [3.8, 4) is 0 Å². The number of nitrogens with one attached hydrogen (secondary N) is 1. The summed E-state index contributed by atoms with van der Waals surface area (Å²) >= 11 is 23.8. The van der Waals surface area contributed by atoms with Crippen LogP contribution in [-0.2, 0) is 16.4 Å². The molecule has 122 valence electrons. The lowest BCUT2D eigenvalue weighted by Gasteiger charge is -2.22. The largest absolute Gasteiger partial charge is 0.365 e. The van der Waals surface area contributed by atoms with Crippen LogP contribution in [0.3, 0.4) is 0 Å². The first-order valence-electron chi connectivity index (χ1n) is 6.44. The Kier molecular flexibility index (Phi) is 5.89. The maximum Gasteiger partial charge on any atom is 0.247 e. The van der Waals surface area contributed by atoms with E-state index in [9.17, 15) is 8.42 Å². The fourth-order valence-electron chi connectivity index (χ4n) is 2.08. The van der Waals surface area contributed by atoms with Crippen molar-refractivity contribution < 1.29 is 8.42 Å². The van der Waals surface area contributed by atoms with E-state index in [-0.39, 0.29) is 17.3 Å². The second-order valence-corrected chi connectivity index (χ2v) is 9.99. The Morgan fingerprint density at radius 2 is 1.86 bits per heavy atom. The van der Waals surface area contributed by atoms with Gasteiger partial charge in [0, 0.05) is 0 Å². The van der Waals surface area contributed by atoms with Crippen molar-refractivity contribution in [2.24, 2.45) is 4.99 Å². The van der Waals surface area contributed by atoms with Crippen LogP contribution in [0.5, 0.6) is 0 Å². The Morgan fingerprint density at radius 3 is 2.36 bits per heavy atom. The highest BCUT2D eigenvalue weighted by atomic mass is 35.6. The lowest BCUT2D eigenvalue weighted by molar-refractivity contribution is 0.600. The second kappa shape index (κ2) is 7.14. The van der Waals surface area contributed by atoms with Gasteiger partial charge in [0.1, 0.15) is 5.84 Å². The molecule has 0 spiro atoms. The maximum absolute atomic E-state index is 11.6. The third-order valence-corrected chi connectivity index (χ3v) is 6.05. The van der Waals surface area contributed by atoms with Crippen LogP contribution in [0, 0.1) is 0 Å². The van der Waals surface area contributed by atoms with E-state index in [4.69, 9.17) is 46.4 Å². The lowest BCUT2D eigenvalue weighted by Crippen LogP contribution is -2.46. The summed E-state index contributed by atoms with van der Waals surface area (Å²) in [5.74, 6) is -0.112. The monoisotopic (exact) mass is 402 g/mol. The first-order valence-corrected chi connectivity index (χ1v) is 9.83. The normalized spacial score (nSPS) is 25.2. The number of hydrogen-bond acceptors (Lipinski definition) is 3. The van der Waals surface area contributed by atoms with Gasteiger partial charge in [-0.15, -0.1) is 11.6 Å². The van der Waals surface area contributed by atoms with Crippen molar-refractivity contribution in [3.05, 3.63) is 35.9 Å². The molecule has 0 saturated carbocycles. The zero-order valence-corrected chi connectivity index (χ0v) is 15.2. The van der Waals surface area contributed by atoms with Crippen LogP contribution < -0.4 is 5.32 Å². The van der Waals surface area contributed by atoms with Crippen molar-refractivity contribution in [2.45, 2.75) is 21.8 Å². The molecular weight excluding hydrogens is 390 g/mol. The lowest BCUT2D eigenvalue weighted by atomic mass is 10.2. The summed E-state index contributed by atoms with van der Waals surface area (Å²) < 4.78 is 21.4. The molecule has 0 amide bonds. The Bertz CT molecular complexity index is 644. The second-order valence-electron chi connectivity index (χ2n) is 4.99. The van der Waals surface area contributed by atoms with E-state index >= 15 is 0 Å². The van der Waals surface area contributed by atoms with Gasteiger partial charge in [0.2, 0.25) is 3.79 Å². The van der Waals surface area contributed by atoms with E-state index in [0.29, 0.717) is 6.54 Å². The van der Waals surface area contributed by atoms with Crippen molar-refractivity contribution in [3.63, 3.8) is 0 Å². The van der Waals surface area contributed by atoms with Gasteiger partial charge < -0.3 is 5.32 Å². The van der Waals surface area contributed by atoms with Gasteiger partial charge in [0.05, 0.1) is 29.5 Å². The quantitative estimate of drug-likeness (QED) is 0.479. The molecule has 0 radical (unpaired) electrons. The molecule has 1 fully saturated rings. The molecule has 4 nitrogen and oxygen atoms in total. The fourth-order valence-corrected chi connectivity index (χ4v) is 4.98. The molecule has 1 aromatic carbocycles. The molecule has 2 rings (SSSR count). The van der Waals surface area contributed by atoms with Crippen molar-refractivity contribution in [1.82, 2.24) is 5.32 Å². The SMILES string of the molecule is O=S1(=O)CC(Cl)C(NC(=NCc2ccccc2)C(Cl)(Cl)Cl)C1. The minimum atomic E-state index is -3.18. The summed E-state index contributed by atoms with van der Waals surface area (Å²) in [7, 11) is -3.18. The molecule has 1 aliphatic heterocycles. The number of sulfone groups is 1. The van der Waals surface area contributed by atoms with Crippen LogP contribution in [0.2, 0.25) is 0 Å². The molecule has 1 N–H and O–H groups in total.